The van der Waals surface area contributed by atoms with E-state index in [0.29, 0.717) is 12.3 Å². The zero-order valence-electron chi connectivity index (χ0n) is 7.99. The molecule has 0 aliphatic rings. The summed E-state index contributed by atoms with van der Waals surface area (Å²) in [7, 11) is 1.23. The van der Waals surface area contributed by atoms with Crippen molar-refractivity contribution in [3.05, 3.63) is 12.4 Å². The minimum atomic E-state index is -0.695. The van der Waals surface area contributed by atoms with E-state index in [9.17, 15) is 4.21 Å². The van der Waals surface area contributed by atoms with Crippen molar-refractivity contribution in [2.75, 3.05) is 23.4 Å². The Hall–Kier alpha value is -0.840. The van der Waals surface area contributed by atoms with Gasteiger partial charge in [0, 0.05) is 48.3 Å². The number of rotatable bonds is 5. The lowest BCUT2D eigenvalue weighted by Crippen LogP contribution is -2.14. The fourth-order valence-corrected chi connectivity index (χ4v) is 1.58. The van der Waals surface area contributed by atoms with Gasteiger partial charge in [-0.1, -0.05) is 6.92 Å². The Morgan fingerprint density at radius 2 is 2.46 bits per heavy atom. The molecule has 0 radical (unpaired) electrons. The van der Waals surface area contributed by atoms with E-state index >= 15 is 0 Å². The van der Waals surface area contributed by atoms with Crippen LogP contribution in [0.3, 0.4) is 0 Å². The Labute approximate surface area is 80.8 Å². The Balaban J connectivity index is 2.28. The smallest absolute Gasteiger partial charge is 0.202 e. The van der Waals surface area contributed by atoms with Crippen molar-refractivity contribution in [1.29, 1.82) is 0 Å². The van der Waals surface area contributed by atoms with Gasteiger partial charge in [0.1, 0.15) is 0 Å². The number of nitrogens with one attached hydrogen (secondary N) is 1. The molecule has 0 aliphatic carbocycles. The molecule has 0 aliphatic heterocycles. The third-order valence-electron chi connectivity index (χ3n) is 1.76. The number of imidazole rings is 1. The fraction of sp³-hybridized carbons (Fsp3) is 0.625. The summed E-state index contributed by atoms with van der Waals surface area (Å²) in [5.41, 5.74) is 0. The van der Waals surface area contributed by atoms with Crippen molar-refractivity contribution in [2.24, 2.45) is 7.05 Å². The monoisotopic (exact) mass is 201 g/mol. The van der Waals surface area contributed by atoms with Crippen LogP contribution >= 0.6 is 0 Å². The van der Waals surface area contributed by atoms with E-state index in [1.54, 1.807) is 6.20 Å². The molecule has 1 N–H and O–H groups in total. The van der Waals surface area contributed by atoms with Crippen molar-refractivity contribution in [3.8, 4) is 0 Å². The molecule has 1 rings (SSSR count). The van der Waals surface area contributed by atoms with Gasteiger partial charge < -0.3 is 9.88 Å². The Morgan fingerprint density at radius 1 is 1.69 bits per heavy atom. The zero-order valence-corrected chi connectivity index (χ0v) is 8.80. The van der Waals surface area contributed by atoms with Gasteiger partial charge in [0.25, 0.3) is 0 Å². The maximum absolute atomic E-state index is 11.1. The second kappa shape index (κ2) is 5.01. The van der Waals surface area contributed by atoms with Crippen molar-refractivity contribution < 1.29 is 4.21 Å². The van der Waals surface area contributed by atoms with Crippen LogP contribution < -0.4 is 5.32 Å². The van der Waals surface area contributed by atoms with Crippen LogP contribution in [0.15, 0.2) is 12.4 Å². The lowest BCUT2D eigenvalue weighted by Gasteiger charge is -2.04. The van der Waals surface area contributed by atoms with E-state index in [-0.39, 0.29) is 0 Å². The van der Waals surface area contributed by atoms with Crippen molar-refractivity contribution in [1.82, 2.24) is 9.55 Å². The molecule has 0 bridgehead atoms. The molecule has 1 aromatic rings. The normalized spacial score (nSPS) is 12.8. The number of nitrogens with zero attached hydrogens (tertiary/aromatic N) is 2. The van der Waals surface area contributed by atoms with Gasteiger partial charge in [0.15, 0.2) is 0 Å². The summed E-state index contributed by atoms with van der Waals surface area (Å²) >= 11 is 0. The number of aromatic nitrogens is 2. The molecule has 4 nitrogen and oxygen atoms in total. The highest BCUT2D eigenvalue weighted by molar-refractivity contribution is 7.84. The first-order valence-electron chi connectivity index (χ1n) is 4.30. The van der Waals surface area contributed by atoms with Gasteiger partial charge in [-0.25, -0.2) is 4.98 Å². The van der Waals surface area contributed by atoms with E-state index in [1.807, 2.05) is 24.7 Å². The molecular weight excluding hydrogens is 186 g/mol. The molecule has 74 valence electrons. The van der Waals surface area contributed by atoms with E-state index in [2.05, 4.69) is 10.3 Å². The maximum atomic E-state index is 11.1. The van der Waals surface area contributed by atoms with Crippen LogP contribution in [0.2, 0.25) is 0 Å². The summed E-state index contributed by atoms with van der Waals surface area (Å²) < 4.78 is 13.0. The molecule has 0 aromatic carbocycles. The van der Waals surface area contributed by atoms with Gasteiger partial charge in [0.2, 0.25) is 5.95 Å². The molecule has 13 heavy (non-hydrogen) atoms. The first-order chi connectivity index (χ1) is 6.24. The number of anilines is 1. The van der Waals surface area contributed by atoms with E-state index in [1.165, 1.54) is 0 Å². The average molecular weight is 201 g/mol. The Kier molecular flexibility index (Phi) is 3.95. The molecule has 0 spiro atoms. The van der Waals surface area contributed by atoms with Crippen LogP contribution in [-0.2, 0) is 17.8 Å². The van der Waals surface area contributed by atoms with E-state index < -0.39 is 10.8 Å². The van der Waals surface area contributed by atoms with E-state index in [0.717, 1.165) is 11.7 Å². The van der Waals surface area contributed by atoms with Crippen LogP contribution in [0.4, 0.5) is 5.95 Å². The molecule has 0 saturated heterocycles. The lowest BCUT2D eigenvalue weighted by molar-refractivity contribution is 0.684. The summed E-state index contributed by atoms with van der Waals surface area (Å²) in [5.74, 6) is 2.24. The van der Waals surface area contributed by atoms with Gasteiger partial charge in [0.05, 0.1) is 0 Å². The number of hydrogen-bond donors (Lipinski definition) is 1. The predicted octanol–water partition coefficient (Wildman–Crippen LogP) is 0.601. The molecule has 1 unspecified atom stereocenters. The lowest BCUT2D eigenvalue weighted by atomic mass is 10.7. The summed E-state index contributed by atoms with van der Waals surface area (Å²) in [6.45, 7) is 2.64. The second-order valence-corrected chi connectivity index (χ2v) is 4.59. The first kappa shape index (κ1) is 10.2. The molecule has 1 aromatic heterocycles. The SMILES string of the molecule is CCS(=O)CCNc1nccn1C. The summed E-state index contributed by atoms with van der Waals surface area (Å²) in [6, 6.07) is 0. The van der Waals surface area contributed by atoms with Gasteiger partial charge in [-0.05, 0) is 0 Å². The van der Waals surface area contributed by atoms with Gasteiger partial charge >= 0.3 is 0 Å². The minimum absolute atomic E-state index is 0.684. The van der Waals surface area contributed by atoms with Crippen molar-refractivity contribution >= 4 is 16.7 Å². The third kappa shape index (κ3) is 3.18. The van der Waals surface area contributed by atoms with Crippen LogP contribution in [0, 0.1) is 0 Å². The number of hydrogen-bond acceptors (Lipinski definition) is 3. The summed E-state index contributed by atoms with van der Waals surface area (Å²) in [6.07, 6.45) is 3.61. The largest absolute Gasteiger partial charge is 0.355 e. The molecule has 1 atom stereocenters. The molecule has 0 fully saturated rings. The quantitative estimate of drug-likeness (QED) is 0.759. The molecular formula is C8H15N3OS. The zero-order chi connectivity index (χ0) is 9.68. The number of aryl methyl sites for hydroxylation is 1. The Bertz CT molecular complexity index is 285. The van der Waals surface area contributed by atoms with Crippen LogP contribution in [0.1, 0.15) is 6.92 Å². The topological polar surface area (TPSA) is 46.9 Å². The fourth-order valence-electron chi connectivity index (χ4n) is 0.957. The summed E-state index contributed by atoms with van der Waals surface area (Å²) in [4.78, 5) is 4.09. The maximum Gasteiger partial charge on any atom is 0.202 e. The minimum Gasteiger partial charge on any atom is -0.355 e. The van der Waals surface area contributed by atoms with Crippen LogP contribution in [0.5, 0.6) is 0 Å². The van der Waals surface area contributed by atoms with E-state index in [4.69, 9.17) is 0 Å². The van der Waals surface area contributed by atoms with Crippen molar-refractivity contribution in [2.45, 2.75) is 6.92 Å². The highest BCUT2D eigenvalue weighted by Crippen LogP contribution is 1.99. The summed E-state index contributed by atoms with van der Waals surface area (Å²) in [5, 5.41) is 3.12. The second-order valence-electron chi connectivity index (χ2n) is 2.72. The molecule has 0 amide bonds. The highest BCUT2D eigenvalue weighted by Gasteiger charge is 1.98. The van der Waals surface area contributed by atoms with Gasteiger partial charge in [-0.3, -0.25) is 4.21 Å². The molecule has 0 saturated carbocycles. The first-order valence-corrected chi connectivity index (χ1v) is 5.79. The molecule has 1 heterocycles. The van der Waals surface area contributed by atoms with Gasteiger partial charge in [-0.15, -0.1) is 0 Å². The van der Waals surface area contributed by atoms with Crippen molar-refractivity contribution in [3.63, 3.8) is 0 Å². The highest BCUT2D eigenvalue weighted by atomic mass is 32.2. The van der Waals surface area contributed by atoms with Crippen LogP contribution in [-0.4, -0.2) is 31.8 Å². The average Bonchev–Trinajstić information content (AvgIpc) is 2.52. The van der Waals surface area contributed by atoms with Crippen LogP contribution in [0.25, 0.3) is 0 Å². The standard InChI is InChI=1S/C8H15N3OS/c1-3-13(12)7-5-10-8-9-4-6-11(8)2/h4,6H,3,5,7H2,1-2H3,(H,9,10). The molecule has 5 heteroatoms. The Morgan fingerprint density at radius 3 is 3.00 bits per heavy atom. The van der Waals surface area contributed by atoms with Gasteiger partial charge in [-0.2, -0.15) is 0 Å². The third-order valence-corrected chi connectivity index (χ3v) is 3.06. The predicted molar refractivity (Wildman–Crippen MR) is 55.2 cm³/mol.